The SMILES string of the molecule is COc1cccc(C2CC(=O)Nc3n[nH]c(C)c32)c1OCCN1CCOCC1. The van der Waals surface area contributed by atoms with E-state index in [0.717, 1.165) is 49.7 Å². The first-order chi connectivity index (χ1) is 13.7. The lowest BCUT2D eigenvalue weighted by atomic mass is 9.85. The summed E-state index contributed by atoms with van der Waals surface area (Å²) in [6.07, 6.45) is 0.348. The molecule has 2 aliphatic heterocycles. The number of benzene rings is 1. The van der Waals surface area contributed by atoms with Crippen LogP contribution in [0.3, 0.4) is 0 Å². The van der Waals surface area contributed by atoms with Crippen molar-refractivity contribution in [2.75, 3.05) is 51.9 Å². The number of para-hydroxylation sites is 1. The van der Waals surface area contributed by atoms with E-state index in [-0.39, 0.29) is 11.8 Å². The third-order valence-electron chi connectivity index (χ3n) is 5.35. The average Bonchev–Trinajstić information content (AvgIpc) is 3.09. The first-order valence-corrected chi connectivity index (χ1v) is 9.62. The van der Waals surface area contributed by atoms with Crippen LogP contribution in [0.25, 0.3) is 0 Å². The van der Waals surface area contributed by atoms with Crippen LogP contribution in [0.1, 0.15) is 29.2 Å². The van der Waals surface area contributed by atoms with Crippen molar-refractivity contribution >= 4 is 11.7 Å². The Morgan fingerprint density at radius 1 is 1.32 bits per heavy atom. The molecule has 1 unspecified atom stereocenters. The lowest BCUT2D eigenvalue weighted by molar-refractivity contribution is -0.116. The van der Waals surface area contributed by atoms with Crippen LogP contribution in [0.5, 0.6) is 11.5 Å². The number of amides is 1. The van der Waals surface area contributed by atoms with Gasteiger partial charge in [0.2, 0.25) is 5.91 Å². The number of ether oxygens (including phenoxy) is 3. The molecule has 3 heterocycles. The molecule has 2 aromatic rings. The summed E-state index contributed by atoms with van der Waals surface area (Å²) in [5.41, 5.74) is 2.90. The smallest absolute Gasteiger partial charge is 0.226 e. The zero-order valence-electron chi connectivity index (χ0n) is 16.3. The first kappa shape index (κ1) is 18.8. The van der Waals surface area contributed by atoms with Crippen LogP contribution in [-0.2, 0) is 9.53 Å². The van der Waals surface area contributed by atoms with Crippen LogP contribution in [-0.4, -0.2) is 67.6 Å². The van der Waals surface area contributed by atoms with E-state index in [2.05, 4.69) is 20.4 Å². The lowest BCUT2D eigenvalue weighted by Crippen LogP contribution is -2.38. The number of aromatic nitrogens is 2. The maximum absolute atomic E-state index is 12.2. The second-order valence-electron chi connectivity index (χ2n) is 7.10. The molecule has 1 saturated heterocycles. The van der Waals surface area contributed by atoms with E-state index in [1.807, 2.05) is 25.1 Å². The Hall–Kier alpha value is -2.58. The lowest BCUT2D eigenvalue weighted by Gasteiger charge is -2.28. The monoisotopic (exact) mass is 386 g/mol. The van der Waals surface area contributed by atoms with Crippen LogP contribution in [0.4, 0.5) is 5.82 Å². The van der Waals surface area contributed by atoms with Gasteiger partial charge in [0.1, 0.15) is 6.61 Å². The molecule has 1 aromatic heterocycles. The number of morpholine rings is 1. The molecule has 2 aliphatic rings. The van der Waals surface area contributed by atoms with Gasteiger partial charge in [-0.2, -0.15) is 5.10 Å². The Bertz CT molecular complexity index is 845. The summed E-state index contributed by atoms with van der Waals surface area (Å²) in [6.45, 7) is 6.70. The van der Waals surface area contributed by atoms with Gasteiger partial charge in [0.25, 0.3) is 0 Å². The van der Waals surface area contributed by atoms with E-state index >= 15 is 0 Å². The highest BCUT2D eigenvalue weighted by molar-refractivity contribution is 5.94. The minimum atomic E-state index is -0.129. The van der Waals surface area contributed by atoms with E-state index in [1.165, 1.54) is 0 Å². The third kappa shape index (κ3) is 3.70. The number of nitrogens with one attached hydrogen (secondary N) is 2. The highest BCUT2D eigenvalue weighted by atomic mass is 16.5. The Morgan fingerprint density at radius 2 is 2.14 bits per heavy atom. The van der Waals surface area contributed by atoms with Crippen molar-refractivity contribution in [1.82, 2.24) is 15.1 Å². The number of anilines is 1. The molecule has 2 N–H and O–H groups in total. The first-order valence-electron chi connectivity index (χ1n) is 9.62. The molecule has 0 radical (unpaired) electrons. The number of methoxy groups -OCH3 is 1. The summed E-state index contributed by atoms with van der Waals surface area (Å²) >= 11 is 0. The molecule has 1 aromatic carbocycles. The second-order valence-corrected chi connectivity index (χ2v) is 7.10. The molecule has 0 spiro atoms. The Labute approximate surface area is 164 Å². The van der Waals surface area contributed by atoms with Crippen molar-refractivity contribution in [2.24, 2.45) is 0 Å². The van der Waals surface area contributed by atoms with Gasteiger partial charge in [-0.1, -0.05) is 12.1 Å². The molecule has 4 rings (SSSR count). The standard InChI is InChI=1S/C20H26N4O4/c1-13-18-15(12-17(25)21-20(18)23-22-13)14-4-3-5-16(26-2)19(14)28-11-8-24-6-9-27-10-7-24/h3-5,15H,6-12H2,1-2H3,(H2,21,22,23,25). The number of H-pyrrole nitrogens is 1. The normalized spacial score (nSPS) is 19.8. The summed E-state index contributed by atoms with van der Waals surface area (Å²) < 4.78 is 17.2. The highest BCUT2D eigenvalue weighted by Crippen LogP contribution is 2.44. The summed E-state index contributed by atoms with van der Waals surface area (Å²) in [5, 5.41) is 10.1. The largest absolute Gasteiger partial charge is 0.493 e. The van der Waals surface area contributed by atoms with E-state index in [4.69, 9.17) is 14.2 Å². The minimum Gasteiger partial charge on any atom is -0.493 e. The van der Waals surface area contributed by atoms with Gasteiger partial charge in [-0.05, 0) is 13.0 Å². The molecule has 150 valence electrons. The summed E-state index contributed by atoms with van der Waals surface area (Å²) in [4.78, 5) is 14.6. The maximum Gasteiger partial charge on any atom is 0.226 e. The van der Waals surface area contributed by atoms with Crippen molar-refractivity contribution in [3.63, 3.8) is 0 Å². The zero-order chi connectivity index (χ0) is 19.5. The second kappa shape index (κ2) is 8.20. The van der Waals surface area contributed by atoms with Crippen LogP contribution >= 0.6 is 0 Å². The fourth-order valence-corrected chi connectivity index (χ4v) is 3.92. The Balaban J connectivity index is 1.60. The fraction of sp³-hybridized carbons (Fsp3) is 0.500. The molecule has 1 amide bonds. The van der Waals surface area contributed by atoms with E-state index in [1.54, 1.807) is 7.11 Å². The molecule has 8 nitrogen and oxygen atoms in total. The fourth-order valence-electron chi connectivity index (χ4n) is 3.92. The van der Waals surface area contributed by atoms with Gasteiger partial charge in [0.15, 0.2) is 17.3 Å². The van der Waals surface area contributed by atoms with Gasteiger partial charge >= 0.3 is 0 Å². The molecular weight excluding hydrogens is 360 g/mol. The molecule has 0 aliphatic carbocycles. The predicted molar refractivity (Wildman–Crippen MR) is 104 cm³/mol. The maximum atomic E-state index is 12.2. The number of fused-ring (bicyclic) bond motifs is 1. The molecule has 28 heavy (non-hydrogen) atoms. The van der Waals surface area contributed by atoms with E-state index in [0.29, 0.717) is 30.3 Å². The Kier molecular flexibility index (Phi) is 5.50. The van der Waals surface area contributed by atoms with Crippen molar-refractivity contribution in [3.8, 4) is 11.5 Å². The number of carbonyl (C=O) groups excluding carboxylic acids is 1. The molecule has 0 saturated carbocycles. The van der Waals surface area contributed by atoms with Crippen molar-refractivity contribution in [3.05, 3.63) is 35.0 Å². The van der Waals surface area contributed by atoms with E-state index < -0.39 is 0 Å². The van der Waals surface area contributed by atoms with Crippen molar-refractivity contribution in [1.29, 1.82) is 0 Å². The van der Waals surface area contributed by atoms with Crippen LogP contribution in [0, 0.1) is 6.92 Å². The molecule has 0 bridgehead atoms. The van der Waals surface area contributed by atoms with Gasteiger partial charge in [0, 0.05) is 48.8 Å². The zero-order valence-corrected chi connectivity index (χ0v) is 16.3. The van der Waals surface area contributed by atoms with Crippen LogP contribution in [0.15, 0.2) is 18.2 Å². The number of carbonyl (C=O) groups is 1. The van der Waals surface area contributed by atoms with Gasteiger partial charge in [-0.15, -0.1) is 0 Å². The number of hydrogen-bond acceptors (Lipinski definition) is 6. The van der Waals surface area contributed by atoms with Gasteiger partial charge in [0.05, 0.1) is 20.3 Å². The number of aromatic amines is 1. The van der Waals surface area contributed by atoms with Crippen molar-refractivity contribution < 1.29 is 19.0 Å². The highest BCUT2D eigenvalue weighted by Gasteiger charge is 2.33. The van der Waals surface area contributed by atoms with E-state index in [9.17, 15) is 4.79 Å². The van der Waals surface area contributed by atoms with Gasteiger partial charge in [-0.25, -0.2) is 0 Å². The van der Waals surface area contributed by atoms with Crippen molar-refractivity contribution in [2.45, 2.75) is 19.3 Å². The number of hydrogen-bond donors (Lipinski definition) is 2. The van der Waals surface area contributed by atoms with Gasteiger partial charge in [-0.3, -0.25) is 14.8 Å². The molecule has 1 atom stereocenters. The molecule has 8 heteroatoms. The van der Waals surface area contributed by atoms with Crippen LogP contribution < -0.4 is 14.8 Å². The quantitative estimate of drug-likeness (QED) is 0.789. The van der Waals surface area contributed by atoms with Crippen LogP contribution in [0.2, 0.25) is 0 Å². The third-order valence-corrected chi connectivity index (χ3v) is 5.35. The topological polar surface area (TPSA) is 88.7 Å². The number of aryl methyl sites for hydroxylation is 1. The molecular formula is C20H26N4O4. The molecule has 1 fully saturated rings. The number of nitrogens with zero attached hydrogens (tertiary/aromatic N) is 2. The predicted octanol–water partition coefficient (Wildman–Crippen LogP) is 1.91. The van der Waals surface area contributed by atoms with Gasteiger partial charge < -0.3 is 19.5 Å². The summed E-state index contributed by atoms with van der Waals surface area (Å²) in [5.74, 6) is 1.79. The minimum absolute atomic E-state index is 0.0499. The average molecular weight is 386 g/mol. The summed E-state index contributed by atoms with van der Waals surface area (Å²) in [6, 6.07) is 5.83. The number of rotatable bonds is 6. The summed E-state index contributed by atoms with van der Waals surface area (Å²) in [7, 11) is 1.63. The Morgan fingerprint density at radius 3 is 2.93 bits per heavy atom.